The first kappa shape index (κ1) is 14.1. The van der Waals surface area contributed by atoms with Crippen LogP contribution in [0, 0.1) is 0 Å². The Kier molecular flexibility index (Phi) is 3.92. The maximum Gasteiger partial charge on any atom is 0.0555 e. The highest BCUT2D eigenvalue weighted by atomic mass is 14.9. The molecular weight excluding hydrogens is 254 g/mol. The second-order valence-electron chi connectivity index (χ2n) is 6.57. The van der Waals surface area contributed by atoms with Crippen molar-refractivity contribution in [2.75, 3.05) is 0 Å². The lowest BCUT2D eigenvalue weighted by Crippen LogP contribution is -2.10. The van der Waals surface area contributed by atoms with E-state index < -0.39 is 0 Å². The van der Waals surface area contributed by atoms with E-state index in [1.165, 1.54) is 23.3 Å². The molecule has 0 saturated heterocycles. The number of aliphatic imine (C=N–C) groups is 1. The minimum absolute atomic E-state index is 0.132. The summed E-state index contributed by atoms with van der Waals surface area (Å²) in [6, 6.07) is 21.6. The number of hydrogen-bond acceptors (Lipinski definition) is 1. The molecule has 0 aliphatic carbocycles. The van der Waals surface area contributed by atoms with E-state index in [1.807, 2.05) is 0 Å². The molecule has 0 unspecified atom stereocenters. The number of rotatable bonds is 4. The first-order chi connectivity index (χ1) is 10.1. The van der Waals surface area contributed by atoms with Gasteiger partial charge in [-0.1, -0.05) is 60.7 Å². The Hall–Kier alpha value is -1.89. The summed E-state index contributed by atoms with van der Waals surface area (Å²) in [5.41, 5.74) is 4.28. The molecule has 0 bridgehead atoms. The molecule has 2 aromatic carbocycles. The maximum atomic E-state index is 4.93. The monoisotopic (exact) mass is 277 g/mol. The van der Waals surface area contributed by atoms with Gasteiger partial charge in [0.1, 0.15) is 0 Å². The zero-order chi connectivity index (χ0) is 14.7. The first-order valence-electron chi connectivity index (χ1n) is 7.81. The third-order valence-electron chi connectivity index (χ3n) is 4.33. The Morgan fingerprint density at radius 1 is 0.905 bits per heavy atom. The summed E-state index contributed by atoms with van der Waals surface area (Å²) < 4.78 is 0. The molecule has 108 valence electrons. The second kappa shape index (κ2) is 5.85. The van der Waals surface area contributed by atoms with Gasteiger partial charge >= 0.3 is 0 Å². The van der Waals surface area contributed by atoms with Crippen molar-refractivity contribution in [3.63, 3.8) is 0 Å². The molecule has 1 heteroatoms. The molecule has 0 radical (unpaired) electrons. The summed E-state index contributed by atoms with van der Waals surface area (Å²) in [5.74, 6) is 0.417. The van der Waals surface area contributed by atoms with Gasteiger partial charge in [-0.15, -0.1) is 0 Å². The molecule has 1 heterocycles. The molecule has 0 amide bonds. The van der Waals surface area contributed by atoms with E-state index in [2.05, 4.69) is 74.5 Å². The summed E-state index contributed by atoms with van der Waals surface area (Å²) in [7, 11) is 0. The zero-order valence-electron chi connectivity index (χ0n) is 12.9. The normalized spacial score (nSPS) is 17.0. The van der Waals surface area contributed by atoms with E-state index in [0.717, 1.165) is 12.8 Å². The third-order valence-corrected chi connectivity index (χ3v) is 4.33. The number of hydrogen-bond donors (Lipinski definition) is 0. The van der Waals surface area contributed by atoms with Crippen LogP contribution in [0.5, 0.6) is 0 Å². The van der Waals surface area contributed by atoms with Crippen LogP contribution in [0.1, 0.15) is 50.2 Å². The van der Waals surface area contributed by atoms with Crippen LogP contribution in [-0.4, -0.2) is 11.3 Å². The molecule has 1 aliphatic heterocycles. The standard InChI is InChI=1S/C20H23N/c1-20(2)14-13-18(21-20)15-19(16-9-5-3-6-10-16)17-11-7-4-8-12-17/h3-12,19H,13-15H2,1-2H3. The van der Waals surface area contributed by atoms with Gasteiger partial charge in [-0.3, -0.25) is 4.99 Å². The number of nitrogens with zero attached hydrogens (tertiary/aromatic N) is 1. The lowest BCUT2D eigenvalue weighted by atomic mass is 9.86. The van der Waals surface area contributed by atoms with Crippen LogP contribution in [0.2, 0.25) is 0 Å². The van der Waals surface area contributed by atoms with Gasteiger partial charge < -0.3 is 0 Å². The minimum atomic E-state index is 0.132. The highest BCUT2D eigenvalue weighted by Crippen LogP contribution is 2.33. The van der Waals surface area contributed by atoms with Gasteiger partial charge in [0.2, 0.25) is 0 Å². The van der Waals surface area contributed by atoms with Crippen LogP contribution < -0.4 is 0 Å². The second-order valence-corrected chi connectivity index (χ2v) is 6.57. The molecule has 21 heavy (non-hydrogen) atoms. The fourth-order valence-electron chi connectivity index (χ4n) is 3.17. The van der Waals surface area contributed by atoms with Crippen LogP contribution in [0.4, 0.5) is 0 Å². The fourth-order valence-corrected chi connectivity index (χ4v) is 3.17. The first-order valence-corrected chi connectivity index (χ1v) is 7.81. The molecule has 2 aromatic rings. The molecule has 0 N–H and O–H groups in total. The van der Waals surface area contributed by atoms with E-state index >= 15 is 0 Å². The van der Waals surface area contributed by atoms with Crippen LogP contribution in [0.3, 0.4) is 0 Å². The summed E-state index contributed by atoms with van der Waals surface area (Å²) in [6.45, 7) is 4.47. The molecule has 3 rings (SSSR count). The van der Waals surface area contributed by atoms with Gasteiger partial charge in [0.25, 0.3) is 0 Å². The van der Waals surface area contributed by atoms with E-state index in [-0.39, 0.29) is 5.54 Å². The van der Waals surface area contributed by atoms with Gasteiger partial charge in [0.15, 0.2) is 0 Å². The van der Waals surface area contributed by atoms with Crippen LogP contribution in [-0.2, 0) is 0 Å². The predicted octanol–water partition coefficient (Wildman–Crippen LogP) is 5.22. The Morgan fingerprint density at radius 2 is 1.43 bits per heavy atom. The lowest BCUT2D eigenvalue weighted by Gasteiger charge is -2.18. The van der Waals surface area contributed by atoms with Crippen molar-refractivity contribution >= 4 is 5.71 Å². The Morgan fingerprint density at radius 3 is 1.86 bits per heavy atom. The van der Waals surface area contributed by atoms with Crippen LogP contribution >= 0.6 is 0 Å². The van der Waals surface area contributed by atoms with Crippen molar-refractivity contribution in [2.45, 2.75) is 44.6 Å². The topological polar surface area (TPSA) is 12.4 Å². The third kappa shape index (κ3) is 3.41. The van der Waals surface area contributed by atoms with Crippen LogP contribution in [0.25, 0.3) is 0 Å². The molecule has 0 atom stereocenters. The average molecular weight is 277 g/mol. The Balaban J connectivity index is 1.91. The fraction of sp³-hybridized carbons (Fsp3) is 0.350. The van der Waals surface area contributed by atoms with Crippen molar-refractivity contribution in [2.24, 2.45) is 4.99 Å². The van der Waals surface area contributed by atoms with E-state index in [0.29, 0.717) is 5.92 Å². The zero-order valence-corrected chi connectivity index (χ0v) is 12.9. The summed E-state index contributed by atoms with van der Waals surface area (Å²) in [6.07, 6.45) is 3.36. The van der Waals surface area contributed by atoms with Crippen LogP contribution in [0.15, 0.2) is 65.7 Å². The van der Waals surface area contributed by atoms with Crippen molar-refractivity contribution in [3.8, 4) is 0 Å². The molecule has 1 nitrogen and oxygen atoms in total. The van der Waals surface area contributed by atoms with Crippen molar-refractivity contribution in [1.29, 1.82) is 0 Å². The molecule has 1 aliphatic rings. The maximum absolute atomic E-state index is 4.93. The van der Waals surface area contributed by atoms with Crippen molar-refractivity contribution in [1.82, 2.24) is 0 Å². The molecule has 0 fully saturated rings. The van der Waals surface area contributed by atoms with E-state index in [9.17, 15) is 0 Å². The quantitative estimate of drug-likeness (QED) is 0.726. The number of benzene rings is 2. The Labute approximate surface area is 127 Å². The van der Waals surface area contributed by atoms with Gasteiger partial charge in [0.05, 0.1) is 5.54 Å². The smallest absolute Gasteiger partial charge is 0.0555 e. The molecule has 0 spiro atoms. The molecular formula is C20H23N. The molecule has 0 saturated carbocycles. The summed E-state index contributed by atoms with van der Waals surface area (Å²) in [5, 5.41) is 0. The predicted molar refractivity (Wildman–Crippen MR) is 90.1 cm³/mol. The van der Waals surface area contributed by atoms with Crippen molar-refractivity contribution < 1.29 is 0 Å². The van der Waals surface area contributed by atoms with Gasteiger partial charge in [0, 0.05) is 11.6 Å². The SMILES string of the molecule is CC1(C)CCC(CC(c2ccccc2)c2ccccc2)=N1. The van der Waals surface area contributed by atoms with Crippen molar-refractivity contribution in [3.05, 3.63) is 71.8 Å². The largest absolute Gasteiger partial charge is 0.288 e. The molecule has 0 aromatic heterocycles. The summed E-state index contributed by atoms with van der Waals surface area (Å²) >= 11 is 0. The highest BCUT2D eigenvalue weighted by molar-refractivity contribution is 5.87. The lowest BCUT2D eigenvalue weighted by molar-refractivity contribution is 0.522. The van der Waals surface area contributed by atoms with Gasteiger partial charge in [-0.25, -0.2) is 0 Å². The summed E-state index contributed by atoms with van der Waals surface area (Å²) in [4.78, 5) is 4.93. The van der Waals surface area contributed by atoms with Gasteiger partial charge in [-0.05, 0) is 44.2 Å². The van der Waals surface area contributed by atoms with Gasteiger partial charge in [-0.2, -0.15) is 0 Å². The van der Waals surface area contributed by atoms with E-state index in [4.69, 9.17) is 4.99 Å². The van der Waals surface area contributed by atoms with E-state index in [1.54, 1.807) is 0 Å². The average Bonchev–Trinajstić information content (AvgIpc) is 2.86. The minimum Gasteiger partial charge on any atom is -0.288 e. The Bertz CT molecular complexity index is 571. The highest BCUT2D eigenvalue weighted by Gasteiger charge is 2.26.